The summed E-state index contributed by atoms with van der Waals surface area (Å²) in [4.78, 5) is 6.64. The van der Waals surface area contributed by atoms with Crippen molar-refractivity contribution in [2.45, 2.75) is 6.42 Å². The number of methoxy groups -OCH3 is 2. The highest BCUT2D eigenvalue weighted by molar-refractivity contribution is 5.84. The van der Waals surface area contributed by atoms with Crippen LogP contribution in [0.3, 0.4) is 0 Å². The molecule has 1 heterocycles. The summed E-state index contributed by atoms with van der Waals surface area (Å²) in [6, 6.07) is 7.71. The van der Waals surface area contributed by atoms with Gasteiger partial charge in [-0.3, -0.25) is 4.90 Å². The Morgan fingerprint density at radius 1 is 1.00 bits per heavy atom. The largest absolute Gasteiger partial charge is 0.493 e. The van der Waals surface area contributed by atoms with Crippen LogP contribution in [0.4, 0.5) is 5.82 Å². The lowest BCUT2D eigenvalue weighted by Crippen LogP contribution is -2.31. The molecular formula is C18H27N3O4. The lowest BCUT2D eigenvalue weighted by atomic mass is 10.2. The van der Waals surface area contributed by atoms with E-state index in [1.165, 1.54) is 0 Å². The van der Waals surface area contributed by atoms with Crippen LogP contribution >= 0.6 is 0 Å². The fourth-order valence-corrected chi connectivity index (χ4v) is 2.69. The molecule has 0 aliphatic rings. The molecule has 7 heteroatoms. The number of rotatable bonds is 11. The van der Waals surface area contributed by atoms with Gasteiger partial charge < -0.3 is 25.0 Å². The van der Waals surface area contributed by atoms with Crippen LogP contribution in [0, 0.1) is 0 Å². The van der Waals surface area contributed by atoms with Crippen molar-refractivity contribution in [3.63, 3.8) is 0 Å². The van der Waals surface area contributed by atoms with Crippen LogP contribution < -0.4 is 14.8 Å². The zero-order valence-corrected chi connectivity index (χ0v) is 14.9. The van der Waals surface area contributed by atoms with Gasteiger partial charge in [0.2, 0.25) is 0 Å². The second-order valence-electron chi connectivity index (χ2n) is 5.67. The summed E-state index contributed by atoms with van der Waals surface area (Å²) >= 11 is 0. The second-order valence-corrected chi connectivity index (χ2v) is 5.67. The third kappa shape index (κ3) is 5.45. The summed E-state index contributed by atoms with van der Waals surface area (Å²) in [6.45, 7) is 2.94. The van der Waals surface area contributed by atoms with Gasteiger partial charge in [-0.25, -0.2) is 4.98 Å². The van der Waals surface area contributed by atoms with E-state index >= 15 is 0 Å². The average molecular weight is 349 g/mol. The smallest absolute Gasteiger partial charge is 0.162 e. The second kappa shape index (κ2) is 10.0. The Labute approximate surface area is 148 Å². The number of ether oxygens (including phenoxy) is 2. The summed E-state index contributed by atoms with van der Waals surface area (Å²) in [5, 5.41) is 22.3. The van der Waals surface area contributed by atoms with Gasteiger partial charge in [0, 0.05) is 31.1 Å². The molecule has 25 heavy (non-hydrogen) atoms. The number of nitrogens with one attached hydrogen (secondary N) is 1. The van der Waals surface area contributed by atoms with E-state index in [-0.39, 0.29) is 13.2 Å². The van der Waals surface area contributed by atoms with Crippen molar-refractivity contribution in [3.8, 4) is 11.5 Å². The van der Waals surface area contributed by atoms with Crippen LogP contribution in [-0.4, -0.2) is 73.7 Å². The van der Waals surface area contributed by atoms with Crippen molar-refractivity contribution in [1.82, 2.24) is 9.88 Å². The molecule has 0 bridgehead atoms. The first-order chi connectivity index (χ1) is 12.2. The number of anilines is 1. The first kappa shape index (κ1) is 19.2. The Kier molecular flexibility index (Phi) is 7.72. The van der Waals surface area contributed by atoms with Crippen molar-refractivity contribution < 1.29 is 19.7 Å². The van der Waals surface area contributed by atoms with Gasteiger partial charge >= 0.3 is 0 Å². The maximum absolute atomic E-state index is 9.01. The van der Waals surface area contributed by atoms with Crippen LogP contribution in [-0.2, 0) is 0 Å². The van der Waals surface area contributed by atoms with E-state index in [0.29, 0.717) is 24.6 Å². The molecule has 2 aromatic rings. The topological polar surface area (TPSA) is 87.1 Å². The van der Waals surface area contributed by atoms with Crippen LogP contribution in [0.15, 0.2) is 24.3 Å². The summed E-state index contributed by atoms with van der Waals surface area (Å²) in [5.74, 6) is 2.14. The minimum atomic E-state index is 0.102. The number of aliphatic hydroxyl groups is 2. The van der Waals surface area contributed by atoms with E-state index in [9.17, 15) is 0 Å². The molecule has 3 N–H and O–H groups in total. The van der Waals surface area contributed by atoms with Crippen molar-refractivity contribution in [3.05, 3.63) is 24.3 Å². The maximum Gasteiger partial charge on any atom is 0.162 e. The van der Waals surface area contributed by atoms with Crippen LogP contribution in [0.5, 0.6) is 11.5 Å². The Morgan fingerprint density at radius 2 is 1.68 bits per heavy atom. The Bertz CT molecular complexity index is 660. The molecule has 0 fully saturated rings. The van der Waals surface area contributed by atoms with Crippen LogP contribution in [0.25, 0.3) is 10.9 Å². The molecule has 0 unspecified atom stereocenters. The summed E-state index contributed by atoms with van der Waals surface area (Å²) in [5.41, 5.74) is 0.838. The van der Waals surface area contributed by atoms with Gasteiger partial charge in [-0.1, -0.05) is 0 Å². The van der Waals surface area contributed by atoms with Crippen molar-refractivity contribution in [2.24, 2.45) is 0 Å². The number of pyridine rings is 1. The molecule has 1 aromatic heterocycles. The van der Waals surface area contributed by atoms with E-state index in [0.717, 1.165) is 36.2 Å². The highest BCUT2D eigenvalue weighted by atomic mass is 16.5. The minimum absolute atomic E-state index is 0.102. The fourth-order valence-electron chi connectivity index (χ4n) is 2.69. The van der Waals surface area contributed by atoms with Gasteiger partial charge in [-0.15, -0.1) is 0 Å². The molecule has 1 aromatic carbocycles. The molecule has 0 amide bonds. The van der Waals surface area contributed by atoms with Gasteiger partial charge in [0.15, 0.2) is 11.5 Å². The zero-order valence-electron chi connectivity index (χ0n) is 14.9. The molecule has 0 atom stereocenters. The average Bonchev–Trinajstić information content (AvgIpc) is 2.64. The molecule has 7 nitrogen and oxygen atoms in total. The number of nitrogens with zero attached hydrogens (tertiary/aromatic N) is 2. The predicted octanol–water partition coefficient (Wildman–Crippen LogP) is 1.34. The standard InChI is InChI=1S/C18H27N3O4/c1-24-16-12-14-4-5-18(20-15(14)13-17(16)25-2)19-6-3-7-21(8-10-22)9-11-23/h4-5,12-13,22-23H,3,6-11H2,1-2H3,(H,19,20). The number of aromatic nitrogens is 1. The summed E-state index contributed by atoms with van der Waals surface area (Å²) < 4.78 is 10.6. The first-order valence-electron chi connectivity index (χ1n) is 8.42. The molecule has 0 spiro atoms. The number of hydrogen-bond donors (Lipinski definition) is 3. The van der Waals surface area contributed by atoms with Gasteiger partial charge in [-0.2, -0.15) is 0 Å². The van der Waals surface area contributed by atoms with Crippen molar-refractivity contribution in [2.75, 3.05) is 58.9 Å². The summed E-state index contributed by atoms with van der Waals surface area (Å²) in [7, 11) is 3.22. The van der Waals surface area contributed by atoms with Gasteiger partial charge in [0.25, 0.3) is 0 Å². The SMILES string of the molecule is COc1cc2ccc(NCCCN(CCO)CCO)nc2cc1OC. The molecular weight excluding hydrogens is 322 g/mol. The molecule has 0 saturated carbocycles. The fraction of sp³-hybridized carbons (Fsp3) is 0.500. The number of hydrogen-bond acceptors (Lipinski definition) is 7. The number of aliphatic hydroxyl groups excluding tert-OH is 2. The maximum atomic E-state index is 9.01. The monoisotopic (exact) mass is 349 g/mol. The van der Waals surface area contributed by atoms with E-state index in [2.05, 4.69) is 10.3 Å². The van der Waals surface area contributed by atoms with Gasteiger partial charge in [0.05, 0.1) is 33.0 Å². The minimum Gasteiger partial charge on any atom is -0.493 e. The van der Waals surface area contributed by atoms with Crippen LogP contribution in [0.1, 0.15) is 6.42 Å². The van der Waals surface area contributed by atoms with Gasteiger partial charge in [0.1, 0.15) is 5.82 Å². The van der Waals surface area contributed by atoms with E-state index < -0.39 is 0 Å². The normalized spacial score (nSPS) is 11.1. The first-order valence-corrected chi connectivity index (χ1v) is 8.42. The van der Waals surface area contributed by atoms with Crippen molar-refractivity contribution >= 4 is 16.7 Å². The van der Waals surface area contributed by atoms with Gasteiger partial charge in [-0.05, 0) is 31.2 Å². The van der Waals surface area contributed by atoms with E-state index in [1.54, 1.807) is 14.2 Å². The lowest BCUT2D eigenvalue weighted by Gasteiger charge is -2.20. The predicted molar refractivity (Wildman–Crippen MR) is 98.6 cm³/mol. The highest BCUT2D eigenvalue weighted by Gasteiger charge is 2.08. The summed E-state index contributed by atoms with van der Waals surface area (Å²) in [6.07, 6.45) is 0.894. The number of benzene rings is 1. The third-order valence-corrected chi connectivity index (χ3v) is 3.98. The van der Waals surface area contributed by atoms with E-state index in [4.69, 9.17) is 19.7 Å². The molecule has 0 aliphatic heterocycles. The van der Waals surface area contributed by atoms with Crippen LogP contribution in [0.2, 0.25) is 0 Å². The molecule has 0 aliphatic carbocycles. The zero-order chi connectivity index (χ0) is 18.1. The Morgan fingerprint density at radius 3 is 2.32 bits per heavy atom. The highest BCUT2D eigenvalue weighted by Crippen LogP contribution is 2.31. The molecule has 2 rings (SSSR count). The van der Waals surface area contributed by atoms with Crippen molar-refractivity contribution in [1.29, 1.82) is 0 Å². The Balaban J connectivity index is 1.95. The molecule has 138 valence electrons. The van der Waals surface area contributed by atoms with E-state index in [1.807, 2.05) is 29.2 Å². The lowest BCUT2D eigenvalue weighted by molar-refractivity contribution is 0.161. The number of fused-ring (bicyclic) bond motifs is 1. The molecule has 0 radical (unpaired) electrons. The Hall–Kier alpha value is -2.09. The molecule has 0 saturated heterocycles. The third-order valence-electron chi connectivity index (χ3n) is 3.98. The quantitative estimate of drug-likeness (QED) is 0.528.